The predicted octanol–water partition coefficient (Wildman–Crippen LogP) is 2.72. The van der Waals surface area contributed by atoms with E-state index in [1.807, 2.05) is 6.20 Å². The van der Waals surface area contributed by atoms with Crippen molar-refractivity contribution < 1.29 is 4.79 Å². The summed E-state index contributed by atoms with van der Waals surface area (Å²) in [6.45, 7) is 0.519. The molecule has 0 radical (unpaired) electrons. The number of hydrogen-bond acceptors (Lipinski definition) is 3. The Morgan fingerprint density at radius 1 is 1.44 bits per heavy atom. The molecule has 0 saturated heterocycles. The van der Waals surface area contributed by atoms with Crippen LogP contribution in [0.25, 0.3) is 0 Å². The molecule has 94 valence electrons. The van der Waals surface area contributed by atoms with E-state index in [0.29, 0.717) is 23.8 Å². The second kappa shape index (κ2) is 5.97. The number of hydrogen-bond donors (Lipinski definition) is 1. The number of aromatic nitrogens is 3. The number of pyridine rings is 1. The second-order valence-corrected chi connectivity index (χ2v) is 4.93. The number of aryl methyl sites for hydroxylation is 1. The van der Waals surface area contributed by atoms with E-state index < -0.39 is 0 Å². The number of nitrogens with zero attached hydrogens (tertiary/aromatic N) is 3. The Morgan fingerprint density at radius 2 is 2.28 bits per heavy atom. The number of rotatable bonds is 4. The third-order valence-electron chi connectivity index (χ3n) is 2.16. The van der Waals surface area contributed by atoms with E-state index in [4.69, 9.17) is 11.6 Å². The molecule has 0 aliphatic heterocycles. The van der Waals surface area contributed by atoms with Crippen LogP contribution in [-0.2, 0) is 11.3 Å². The van der Waals surface area contributed by atoms with Crippen LogP contribution in [0.2, 0.25) is 5.02 Å². The Bertz CT molecular complexity index is 540. The van der Waals surface area contributed by atoms with Crippen LogP contribution in [0, 0.1) is 0 Å². The monoisotopic (exact) mass is 328 g/mol. The van der Waals surface area contributed by atoms with Crippen LogP contribution in [0.4, 0.5) is 5.82 Å². The molecule has 0 fully saturated rings. The fourth-order valence-corrected chi connectivity index (χ4v) is 1.77. The minimum atomic E-state index is -0.114. The van der Waals surface area contributed by atoms with Crippen molar-refractivity contribution in [2.45, 2.75) is 13.0 Å². The van der Waals surface area contributed by atoms with Crippen molar-refractivity contribution in [3.63, 3.8) is 0 Å². The van der Waals surface area contributed by atoms with Crippen molar-refractivity contribution >= 4 is 39.3 Å². The van der Waals surface area contributed by atoms with Crippen LogP contribution >= 0.6 is 27.5 Å². The van der Waals surface area contributed by atoms with Crippen LogP contribution in [-0.4, -0.2) is 20.7 Å². The maximum atomic E-state index is 11.6. The van der Waals surface area contributed by atoms with Crippen molar-refractivity contribution in [3.8, 4) is 0 Å². The molecule has 1 amide bonds. The maximum Gasteiger partial charge on any atom is 0.227 e. The Kier molecular flexibility index (Phi) is 4.33. The Labute approximate surface area is 117 Å². The van der Waals surface area contributed by atoms with Gasteiger partial charge in [-0.15, -0.1) is 0 Å². The third-order valence-corrected chi connectivity index (χ3v) is 2.80. The van der Waals surface area contributed by atoms with E-state index in [9.17, 15) is 4.79 Å². The van der Waals surface area contributed by atoms with Crippen LogP contribution in [0.1, 0.15) is 6.42 Å². The zero-order valence-corrected chi connectivity index (χ0v) is 11.6. The molecule has 0 bridgehead atoms. The molecule has 0 unspecified atom stereocenters. The van der Waals surface area contributed by atoms with Gasteiger partial charge in [-0.25, -0.2) is 4.98 Å². The number of carbonyl (C=O) groups is 1. The van der Waals surface area contributed by atoms with E-state index in [1.54, 1.807) is 23.0 Å². The van der Waals surface area contributed by atoms with E-state index in [1.165, 1.54) is 6.20 Å². The van der Waals surface area contributed by atoms with Gasteiger partial charge in [0.15, 0.2) is 0 Å². The number of amides is 1. The fraction of sp³-hybridized carbons (Fsp3) is 0.182. The summed E-state index contributed by atoms with van der Waals surface area (Å²) in [5, 5.41) is 7.28. The molecule has 0 atom stereocenters. The normalized spacial score (nSPS) is 10.3. The van der Waals surface area contributed by atoms with Crippen molar-refractivity contribution in [3.05, 3.63) is 40.2 Å². The van der Waals surface area contributed by atoms with Gasteiger partial charge in [-0.05, 0) is 28.1 Å². The molecular weight excluding hydrogens is 320 g/mol. The van der Waals surface area contributed by atoms with Crippen LogP contribution < -0.4 is 5.32 Å². The summed E-state index contributed by atoms with van der Waals surface area (Å²) in [7, 11) is 0. The Hall–Kier alpha value is -1.40. The van der Waals surface area contributed by atoms with Crippen LogP contribution in [0.5, 0.6) is 0 Å². The van der Waals surface area contributed by atoms with Crippen molar-refractivity contribution in [2.24, 2.45) is 0 Å². The van der Waals surface area contributed by atoms with Gasteiger partial charge in [0, 0.05) is 25.4 Å². The molecule has 0 spiro atoms. The Balaban J connectivity index is 1.83. The SMILES string of the molecule is O=C(CCn1cc(Br)cn1)Nc1ccc(Cl)cn1. The number of nitrogens with one attached hydrogen (secondary N) is 1. The van der Waals surface area contributed by atoms with Crippen LogP contribution in [0.3, 0.4) is 0 Å². The lowest BCUT2D eigenvalue weighted by Crippen LogP contribution is -2.15. The summed E-state index contributed by atoms with van der Waals surface area (Å²) in [5.41, 5.74) is 0. The second-order valence-electron chi connectivity index (χ2n) is 3.58. The minimum Gasteiger partial charge on any atom is -0.311 e. The van der Waals surface area contributed by atoms with Gasteiger partial charge in [0.25, 0.3) is 0 Å². The number of carbonyl (C=O) groups excluding carboxylic acids is 1. The molecule has 2 rings (SSSR count). The summed E-state index contributed by atoms with van der Waals surface area (Å²) < 4.78 is 2.58. The number of anilines is 1. The molecule has 2 aromatic heterocycles. The molecule has 0 saturated carbocycles. The summed E-state index contributed by atoms with van der Waals surface area (Å²) in [6.07, 6.45) is 5.31. The molecule has 0 aliphatic rings. The van der Waals surface area contributed by atoms with E-state index in [0.717, 1.165) is 4.47 Å². The summed E-state index contributed by atoms with van der Waals surface area (Å²) in [5.74, 6) is 0.377. The summed E-state index contributed by atoms with van der Waals surface area (Å²) in [4.78, 5) is 15.6. The van der Waals surface area contributed by atoms with Gasteiger partial charge in [0.2, 0.25) is 5.91 Å². The van der Waals surface area contributed by atoms with Crippen molar-refractivity contribution in [1.29, 1.82) is 0 Å². The lowest BCUT2D eigenvalue weighted by Gasteiger charge is -2.04. The van der Waals surface area contributed by atoms with Gasteiger partial charge in [-0.2, -0.15) is 5.10 Å². The first-order valence-corrected chi connectivity index (χ1v) is 6.40. The maximum absolute atomic E-state index is 11.6. The van der Waals surface area contributed by atoms with Gasteiger partial charge in [0.1, 0.15) is 5.82 Å². The summed E-state index contributed by atoms with van der Waals surface area (Å²) >= 11 is 8.99. The topological polar surface area (TPSA) is 59.8 Å². The highest BCUT2D eigenvalue weighted by molar-refractivity contribution is 9.10. The molecule has 18 heavy (non-hydrogen) atoms. The first-order chi connectivity index (χ1) is 8.63. The summed E-state index contributed by atoms with van der Waals surface area (Å²) in [6, 6.07) is 3.33. The molecule has 7 heteroatoms. The highest BCUT2D eigenvalue weighted by Crippen LogP contribution is 2.10. The highest BCUT2D eigenvalue weighted by Gasteiger charge is 2.04. The highest BCUT2D eigenvalue weighted by atomic mass is 79.9. The third kappa shape index (κ3) is 3.82. The molecule has 5 nitrogen and oxygen atoms in total. The molecular formula is C11H10BrClN4O. The molecule has 2 heterocycles. The van der Waals surface area contributed by atoms with Gasteiger partial charge in [0.05, 0.1) is 15.7 Å². The zero-order valence-electron chi connectivity index (χ0n) is 9.31. The average Bonchev–Trinajstić information content (AvgIpc) is 2.76. The first kappa shape index (κ1) is 13.0. The van der Waals surface area contributed by atoms with E-state index in [-0.39, 0.29) is 5.91 Å². The zero-order chi connectivity index (χ0) is 13.0. The largest absolute Gasteiger partial charge is 0.311 e. The fourth-order valence-electron chi connectivity index (χ4n) is 1.33. The number of halogens is 2. The van der Waals surface area contributed by atoms with Gasteiger partial charge >= 0.3 is 0 Å². The average molecular weight is 330 g/mol. The van der Waals surface area contributed by atoms with Crippen molar-refractivity contribution in [2.75, 3.05) is 5.32 Å². The molecule has 2 aromatic rings. The first-order valence-electron chi connectivity index (χ1n) is 5.23. The molecule has 1 N–H and O–H groups in total. The predicted molar refractivity (Wildman–Crippen MR) is 72.4 cm³/mol. The van der Waals surface area contributed by atoms with Gasteiger partial charge in [-0.3, -0.25) is 9.48 Å². The van der Waals surface area contributed by atoms with Crippen LogP contribution in [0.15, 0.2) is 35.2 Å². The molecule has 0 aliphatic carbocycles. The Morgan fingerprint density at radius 3 is 2.89 bits per heavy atom. The van der Waals surface area contributed by atoms with E-state index in [2.05, 4.69) is 31.3 Å². The minimum absolute atomic E-state index is 0.114. The van der Waals surface area contributed by atoms with Crippen molar-refractivity contribution in [1.82, 2.24) is 14.8 Å². The quantitative estimate of drug-likeness (QED) is 0.938. The smallest absolute Gasteiger partial charge is 0.227 e. The standard InChI is InChI=1S/C11H10BrClN4O/c12-8-5-15-17(7-8)4-3-11(18)16-10-2-1-9(13)6-14-10/h1-2,5-7H,3-4H2,(H,14,16,18). The molecule has 0 aromatic carbocycles. The van der Waals surface area contributed by atoms with Gasteiger partial charge in [-0.1, -0.05) is 11.6 Å². The lowest BCUT2D eigenvalue weighted by molar-refractivity contribution is -0.116. The van der Waals surface area contributed by atoms with E-state index >= 15 is 0 Å². The van der Waals surface area contributed by atoms with Gasteiger partial charge < -0.3 is 5.32 Å². The lowest BCUT2D eigenvalue weighted by atomic mass is 10.4.